The lowest BCUT2D eigenvalue weighted by Crippen LogP contribution is -2.44. The van der Waals surface area contributed by atoms with E-state index < -0.39 is 33.8 Å². The van der Waals surface area contributed by atoms with Gasteiger partial charge in [0.1, 0.15) is 5.75 Å². The van der Waals surface area contributed by atoms with Crippen LogP contribution < -0.4 is 10.1 Å². The van der Waals surface area contributed by atoms with Gasteiger partial charge < -0.3 is 20.3 Å². The molecule has 3 rings (SSSR count). The Hall–Kier alpha value is -2.63. The summed E-state index contributed by atoms with van der Waals surface area (Å²) in [6, 6.07) is 7.64. The maximum atomic E-state index is 12.4. The Balaban J connectivity index is 1.76. The SMILES string of the molecule is Cc1c(-c2cccc(NC3CCN(S(=O)(=O)C(C)C)CC3)c2)sc(C(=O)O)c1OCC(=O)O. The number of ether oxygens (including phenoxy) is 1. The quantitative estimate of drug-likeness (QED) is 0.480. The number of sulfonamides is 1. The van der Waals surface area contributed by atoms with Crippen LogP contribution in [0.3, 0.4) is 0 Å². The van der Waals surface area contributed by atoms with Gasteiger partial charge in [0.2, 0.25) is 10.0 Å². The topological polar surface area (TPSA) is 133 Å². The van der Waals surface area contributed by atoms with Crippen molar-refractivity contribution in [1.29, 1.82) is 0 Å². The summed E-state index contributed by atoms with van der Waals surface area (Å²) in [4.78, 5) is 23.2. The summed E-state index contributed by atoms with van der Waals surface area (Å²) in [5.74, 6) is -2.29. The molecule has 3 N–H and O–H groups in total. The molecule has 1 saturated heterocycles. The Morgan fingerprint density at radius 3 is 2.48 bits per heavy atom. The van der Waals surface area contributed by atoms with Crippen molar-refractivity contribution in [3.05, 3.63) is 34.7 Å². The van der Waals surface area contributed by atoms with E-state index in [9.17, 15) is 23.1 Å². The van der Waals surface area contributed by atoms with Crippen LogP contribution in [0.2, 0.25) is 0 Å². The highest BCUT2D eigenvalue weighted by Gasteiger charge is 2.30. The summed E-state index contributed by atoms with van der Waals surface area (Å²) in [6.07, 6.45) is 1.37. The molecule has 9 nitrogen and oxygen atoms in total. The first-order chi connectivity index (χ1) is 15.5. The minimum absolute atomic E-state index is 0.0409. The molecule has 11 heteroatoms. The Bertz CT molecular complexity index is 1130. The van der Waals surface area contributed by atoms with Gasteiger partial charge in [-0.2, -0.15) is 0 Å². The van der Waals surface area contributed by atoms with Gasteiger partial charge in [0.15, 0.2) is 11.5 Å². The van der Waals surface area contributed by atoms with Crippen molar-refractivity contribution in [2.45, 2.75) is 44.9 Å². The van der Waals surface area contributed by atoms with Crippen molar-refractivity contribution in [2.24, 2.45) is 0 Å². The number of hydrogen-bond donors (Lipinski definition) is 3. The molecule has 0 atom stereocenters. The Morgan fingerprint density at radius 1 is 1.24 bits per heavy atom. The highest BCUT2D eigenvalue weighted by molar-refractivity contribution is 7.89. The normalized spacial score (nSPS) is 15.5. The van der Waals surface area contributed by atoms with Crippen LogP contribution >= 0.6 is 11.3 Å². The van der Waals surface area contributed by atoms with Gasteiger partial charge in [-0.05, 0) is 51.3 Å². The molecule has 0 spiro atoms. The lowest BCUT2D eigenvalue weighted by atomic mass is 10.0. The van der Waals surface area contributed by atoms with E-state index in [0.29, 0.717) is 36.4 Å². The number of carboxylic acids is 2. The van der Waals surface area contributed by atoms with E-state index in [1.54, 1.807) is 25.1 Å². The number of benzene rings is 1. The van der Waals surface area contributed by atoms with Gasteiger partial charge in [0.25, 0.3) is 0 Å². The summed E-state index contributed by atoms with van der Waals surface area (Å²) < 4.78 is 31.5. The zero-order valence-electron chi connectivity index (χ0n) is 18.7. The predicted molar refractivity (Wildman–Crippen MR) is 127 cm³/mol. The first-order valence-corrected chi connectivity index (χ1v) is 12.9. The second-order valence-corrected chi connectivity index (χ2v) is 11.7. The maximum absolute atomic E-state index is 12.4. The van der Waals surface area contributed by atoms with Crippen molar-refractivity contribution in [3.8, 4) is 16.2 Å². The van der Waals surface area contributed by atoms with Crippen molar-refractivity contribution in [2.75, 3.05) is 25.0 Å². The largest absolute Gasteiger partial charge is 0.480 e. The summed E-state index contributed by atoms with van der Waals surface area (Å²) in [6.45, 7) is 5.39. The number of aliphatic carboxylic acids is 1. The monoisotopic (exact) mass is 496 g/mol. The number of carboxylic acid groups (broad SMARTS) is 2. The third-order valence-electron chi connectivity index (χ3n) is 5.53. The van der Waals surface area contributed by atoms with E-state index in [4.69, 9.17) is 9.84 Å². The molecule has 0 bridgehead atoms. The fraction of sp³-hybridized carbons (Fsp3) is 0.455. The average molecular weight is 497 g/mol. The number of piperidine rings is 1. The van der Waals surface area contributed by atoms with E-state index in [1.165, 1.54) is 0 Å². The molecule has 0 saturated carbocycles. The van der Waals surface area contributed by atoms with Gasteiger partial charge >= 0.3 is 11.9 Å². The molecular weight excluding hydrogens is 468 g/mol. The van der Waals surface area contributed by atoms with Crippen molar-refractivity contribution < 1.29 is 33.0 Å². The van der Waals surface area contributed by atoms with E-state index in [1.807, 2.05) is 24.3 Å². The molecule has 1 aromatic heterocycles. The highest BCUT2D eigenvalue weighted by atomic mass is 32.2. The Kier molecular flexibility index (Phi) is 7.65. The highest BCUT2D eigenvalue weighted by Crippen LogP contribution is 2.42. The van der Waals surface area contributed by atoms with Crippen LogP contribution in [0.1, 0.15) is 41.9 Å². The van der Waals surface area contributed by atoms with Crippen molar-refractivity contribution >= 4 is 39.0 Å². The Labute approximate surface area is 197 Å². The molecule has 180 valence electrons. The second kappa shape index (κ2) is 10.1. The van der Waals surface area contributed by atoms with E-state index >= 15 is 0 Å². The molecule has 0 unspecified atom stereocenters. The number of thiophene rings is 1. The maximum Gasteiger partial charge on any atom is 0.349 e. The fourth-order valence-electron chi connectivity index (χ4n) is 3.76. The van der Waals surface area contributed by atoms with Gasteiger partial charge in [-0.25, -0.2) is 22.3 Å². The number of anilines is 1. The minimum Gasteiger partial charge on any atom is -0.480 e. The molecule has 33 heavy (non-hydrogen) atoms. The average Bonchev–Trinajstić information content (AvgIpc) is 3.09. The van der Waals surface area contributed by atoms with Crippen LogP contribution in [0, 0.1) is 6.92 Å². The third kappa shape index (κ3) is 5.66. The number of aromatic carboxylic acids is 1. The van der Waals surface area contributed by atoms with Gasteiger partial charge in [-0.15, -0.1) is 11.3 Å². The molecule has 1 aromatic carbocycles. The zero-order valence-corrected chi connectivity index (χ0v) is 20.3. The van der Waals surface area contributed by atoms with Crippen LogP contribution in [-0.4, -0.2) is 65.9 Å². The van der Waals surface area contributed by atoms with Crippen molar-refractivity contribution in [1.82, 2.24) is 4.31 Å². The fourth-order valence-corrected chi connectivity index (χ4v) is 6.16. The van der Waals surface area contributed by atoms with Crippen LogP contribution in [-0.2, 0) is 14.8 Å². The van der Waals surface area contributed by atoms with E-state index in [2.05, 4.69) is 5.32 Å². The number of carbonyl (C=O) groups is 2. The molecular formula is C22H28N2O7S2. The van der Waals surface area contributed by atoms with Crippen molar-refractivity contribution in [3.63, 3.8) is 0 Å². The summed E-state index contributed by atoms with van der Waals surface area (Å²) >= 11 is 1.04. The molecule has 0 aliphatic carbocycles. The minimum atomic E-state index is -3.25. The molecule has 0 amide bonds. The second-order valence-electron chi connectivity index (χ2n) is 8.19. The molecule has 1 aliphatic heterocycles. The lowest BCUT2D eigenvalue weighted by molar-refractivity contribution is -0.139. The summed E-state index contributed by atoms with van der Waals surface area (Å²) in [5, 5.41) is 21.4. The predicted octanol–water partition coefficient (Wildman–Crippen LogP) is 3.50. The molecule has 1 fully saturated rings. The summed E-state index contributed by atoms with van der Waals surface area (Å²) in [7, 11) is -3.25. The molecule has 2 aromatic rings. The molecule has 1 aliphatic rings. The van der Waals surface area contributed by atoms with Gasteiger partial charge in [-0.1, -0.05) is 12.1 Å². The molecule has 0 radical (unpaired) electrons. The standard InChI is InChI=1S/C22H28N2O7S2/c1-13(2)33(29,30)24-9-7-16(8-10-24)23-17-6-4-5-15(11-17)20-14(3)19(31-12-18(25)26)21(32-20)22(27)28/h4-6,11,13,16,23H,7-10,12H2,1-3H3,(H,25,26)(H,27,28). The van der Waals surface area contributed by atoms with Gasteiger partial charge in [0, 0.05) is 35.3 Å². The van der Waals surface area contributed by atoms with E-state index in [0.717, 1.165) is 22.6 Å². The van der Waals surface area contributed by atoms with Crippen LogP contribution in [0.5, 0.6) is 5.75 Å². The number of hydrogen-bond acceptors (Lipinski definition) is 7. The third-order valence-corrected chi connectivity index (χ3v) is 9.12. The van der Waals surface area contributed by atoms with Gasteiger partial charge in [-0.3, -0.25) is 0 Å². The van der Waals surface area contributed by atoms with Crippen LogP contribution in [0.15, 0.2) is 24.3 Å². The number of rotatable bonds is 9. The smallest absolute Gasteiger partial charge is 0.349 e. The number of nitrogens with zero attached hydrogens (tertiary/aromatic N) is 1. The van der Waals surface area contributed by atoms with Crippen LogP contribution in [0.25, 0.3) is 10.4 Å². The zero-order chi connectivity index (χ0) is 24.3. The first kappa shape index (κ1) is 25.0. The van der Waals surface area contributed by atoms with Gasteiger partial charge in [0.05, 0.1) is 5.25 Å². The van der Waals surface area contributed by atoms with E-state index in [-0.39, 0.29) is 16.7 Å². The first-order valence-electron chi connectivity index (χ1n) is 10.6. The molecule has 2 heterocycles. The van der Waals surface area contributed by atoms with Crippen LogP contribution in [0.4, 0.5) is 5.69 Å². The lowest BCUT2D eigenvalue weighted by Gasteiger charge is -2.33. The summed E-state index contributed by atoms with van der Waals surface area (Å²) in [5.41, 5.74) is 2.20. The Morgan fingerprint density at radius 2 is 1.91 bits per heavy atom. The number of nitrogens with one attached hydrogen (secondary N) is 1.